The molecule has 0 aromatic carbocycles. The molecule has 0 saturated carbocycles. The number of hydrogen-bond donors (Lipinski definition) is 0. The van der Waals surface area contributed by atoms with Gasteiger partial charge in [0.1, 0.15) is 0 Å². The molecule has 0 amide bonds. The molecule has 0 N–H and O–H groups in total. The number of rotatable bonds is 12. The van der Waals surface area contributed by atoms with Crippen LogP contribution >= 0.6 is 11.1 Å². The van der Waals surface area contributed by atoms with E-state index in [0.29, 0.717) is 0 Å². The first-order valence-corrected chi connectivity index (χ1v) is 10.8. The third-order valence-electron chi connectivity index (χ3n) is 3.21. The Kier molecular flexibility index (Phi) is 11.9. The maximum atomic E-state index is 6.67. The monoisotopic (exact) mass is 278 g/mol. The summed E-state index contributed by atoms with van der Waals surface area (Å²) in [6.07, 6.45) is 10.5. The average molecular weight is 279 g/mol. The van der Waals surface area contributed by atoms with Crippen molar-refractivity contribution < 1.29 is 4.43 Å². The molecule has 0 rings (SSSR count). The van der Waals surface area contributed by atoms with Gasteiger partial charge in [0.15, 0.2) is 0 Å². The van der Waals surface area contributed by atoms with Gasteiger partial charge < -0.3 is 4.43 Å². The molecule has 0 aliphatic rings. The Balaban J connectivity index is 3.68. The van der Waals surface area contributed by atoms with Gasteiger partial charge in [0.05, 0.1) is 0 Å². The summed E-state index contributed by atoms with van der Waals surface area (Å²) in [5.74, 6) is 0. The van der Waals surface area contributed by atoms with Crippen LogP contribution in [0.3, 0.4) is 0 Å². The lowest BCUT2D eigenvalue weighted by atomic mass is 10.1. The summed E-state index contributed by atoms with van der Waals surface area (Å²) in [4.78, 5) is 0. The Labute approximate surface area is 114 Å². The number of halogens is 1. The first-order chi connectivity index (χ1) is 8.18. The van der Waals surface area contributed by atoms with Crippen molar-refractivity contribution in [2.24, 2.45) is 0 Å². The van der Waals surface area contributed by atoms with E-state index in [0.717, 1.165) is 18.7 Å². The Morgan fingerprint density at radius 1 is 0.765 bits per heavy atom. The van der Waals surface area contributed by atoms with Crippen LogP contribution < -0.4 is 0 Å². The quantitative estimate of drug-likeness (QED) is 0.247. The lowest BCUT2D eigenvalue weighted by Gasteiger charge is -2.23. The highest BCUT2D eigenvalue weighted by molar-refractivity contribution is 7.16. The number of hydrogen-bond acceptors (Lipinski definition) is 1. The second kappa shape index (κ2) is 11.6. The molecule has 0 spiro atoms. The molecule has 1 nitrogen and oxygen atoms in total. The standard InChI is InChI=1S/C14H31ClOSi/c1-4-7-9-10-11-12-14-17(15,16-6-3)13-8-5-2/h4-14H2,1-3H3. The molecule has 1 atom stereocenters. The molecular formula is C14H31ClOSi. The van der Waals surface area contributed by atoms with Crippen LogP contribution in [0.15, 0.2) is 0 Å². The molecule has 0 saturated heterocycles. The fourth-order valence-corrected chi connectivity index (χ4v) is 5.98. The molecule has 104 valence electrons. The van der Waals surface area contributed by atoms with Crippen LogP contribution in [-0.4, -0.2) is 14.2 Å². The van der Waals surface area contributed by atoms with E-state index in [-0.39, 0.29) is 0 Å². The zero-order valence-corrected chi connectivity index (χ0v) is 13.8. The Bertz CT molecular complexity index is 166. The second-order valence-corrected chi connectivity index (χ2v) is 10.1. The summed E-state index contributed by atoms with van der Waals surface area (Å²) >= 11 is 6.67. The molecule has 0 aromatic heterocycles. The van der Waals surface area contributed by atoms with E-state index in [2.05, 4.69) is 20.8 Å². The molecule has 0 aromatic rings. The van der Waals surface area contributed by atoms with Gasteiger partial charge in [-0.15, -0.1) is 11.1 Å². The molecule has 0 aliphatic carbocycles. The minimum atomic E-state index is -1.87. The van der Waals surface area contributed by atoms with Crippen LogP contribution in [0.25, 0.3) is 0 Å². The van der Waals surface area contributed by atoms with Crippen LogP contribution in [0.2, 0.25) is 12.1 Å². The molecule has 17 heavy (non-hydrogen) atoms. The van der Waals surface area contributed by atoms with Crippen molar-refractivity contribution in [2.75, 3.05) is 6.61 Å². The van der Waals surface area contributed by atoms with Gasteiger partial charge in [0, 0.05) is 6.61 Å². The van der Waals surface area contributed by atoms with Gasteiger partial charge in [0.2, 0.25) is 0 Å². The van der Waals surface area contributed by atoms with E-state index < -0.39 is 7.63 Å². The van der Waals surface area contributed by atoms with Crippen LogP contribution in [-0.2, 0) is 4.43 Å². The van der Waals surface area contributed by atoms with E-state index in [1.165, 1.54) is 51.4 Å². The van der Waals surface area contributed by atoms with Crippen molar-refractivity contribution in [3.05, 3.63) is 0 Å². The largest absolute Gasteiger partial charge is 0.403 e. The van der Waals surface area contributed by atoms with E-state index in [1.54, 1.807) is 0 Å². The van der Waals surface area contributed by atoms with Crippen molar-refractivity contribution in [2.45, 2.75) is 84.2 Å². The summed E-state index contributed by atoms with van der Waals surface area (Å²) in [6.45, 7) is 7.34. The lowest BCUT2D eigenvalue weighted by molar-refractivity contribution is 0.331. The third-order valence-corrected chi connectivity index (χ3v) is 7.68. The third kappa shape index (κ3) is 10.1. The van der Waals surface area contributed by atoms with E-state index in [4.69, 9.17) is 15.5 Å². The van der Waals surface area contributed by atoms with Gasteiger partial charge in [-0.05, 0) is 19.0 Å². The van der Waals surface area contributed by atoms with Crippen LogP contribution in [0.4, 0.5) is 0 Å². The maximum Gasteiger partial charge on any atom is 0.290 e. The molecule has 0 heterocycles. The zero-order valence-electron chi connectivity index (χ0n) is 12.1. The normalized spacial score (nSPS) is 14.8. The fraction of sp³-hybridized carbons (Fsp3) is 1.00. The smallest absolute Gasteiger partial charge is 0.290 e. The molecule has 0 radical (unpaired) electrons. The SMILES string of the molecule is CCCCCCCC[Si](Cl)(CCCC)OCC. The first-order valence-electron chi connectivity index (χ1n) is 7.51. The first kappa shape index (κ1) is 17.5. The molecule has 0 bridgehead atoms. The molecule has 0 aliphatic heterocycles. The topological polar surface area (TPSA) is 9.23 Å². The van der Waals surface area contributed by atoms with Gasteiger partial charge in [-0.1, -0.05) is 65.2 Å². The van der Waals surface area contributed by atoms with Crippen molar-refractivity contribution in [1.29, 1.82) is 0 Å². The van der Waals surface area contributed by atoms with Gasteiger partial charge in [-0.3, -0.25) is 0 Å². The van der Waals surface area contributed by atoms with Gasteiger partial charge in [-0.25, -0.2) is 0 Å². The predicted octanol–water partition coefficient (Wildman–Crippen LogP) is 5.86. The minimum absolute atomic E-state index is 0.787. The highest BCUT2D eigenvalue weighted by Gasteiger charge is 2.30. The lowest BCUT2D eigenvalue weighted by Crippen LogP contribution is -2.31. The average Bonchev–Trinajstić information content (AvgIpc) is 2.32. The molecular weight excluding hydrogens is 248 g/mol. The highest BCUT2D eigenvalue weighted by Crippen LogP contribution is 2.27. The summed E-state index contributed by atoms with van der Waals surface area (Å²) in [5, 5.41) is 0. The number of unbranched alkanes of at least 4 members (excludes halogenated alkanes) is 6. The van der Waals surface area contributed by atoms with Crippen molar-refractivity contribution in [3.63, 3.8) is 0 Å². The van der Waals surface area contributed by atoms with Crippen LogP contribution in [0, 0.1) is 0 Å². The van der Waals surface area contributed by atoms with Gasteiger partial charge in [0.25, 0.3) is 7.63 Å². The Hall–Kier alpha value is 0.467. The Morgan fingerprint density at radius 3 is 1.88 bits per heavy atom. The van der Waals surface area contributed by atoms with Gasteiger partial charge >= 0.3 is 0 Å². The van der Waals surface area contributed by atoms with Crippen molar-refractivity contribution in [3.8, 4) is 0 Å². The van der Waals surface area contributed by atoms with Crippen LogP contribution in [0.1, 0.15) is 72.1 Å². The molecule has 1 unspecified atom stereocenters. The highest BCUT2D eigenvalue weighted by atomic mass is 35.6. The fourth-order valence-electron chi connectivity index (χ4n) is 2.14. The zero-order chi connectivity index (χ0) is 13.0. The summed E-state index contributed by atoms with van der Waals surface area (Å²) in [5.41, 5.74) is 0. The van der Waals surface area contributed by atoms with Crippen molar-refractivity contribution in [1.82, 2.24) is 0 Å². The van der Waals surface area contributed by atoms with Crippen molar-refractivity contribution >= 4 is 18.7 Å². The van der Waals surface area contributed by atoms with E-state index >= 15 is 0 Å². The van der Waals surface area contributed by atoms with E-state index in [1.807, 2.05) is 0 Å². The summed E-state index contributed by atoms with van der Waals surface area (Å²) in [7, 11) is -1.87. The maximum absolute atomic E-state index is 6.67. The summed E-state index contributed by atoms with van der Waals surface area (Å²) < 4.78 is 5.86. The predicted molar refractivity (Wildman–Crippen MR) is 81.1 cm³/mol. The van der Waals surface area contributed by atoms with Crippen LogP contribution in [0.5, 0.6) is 0 Å². The second-order valence-electron chi connectivity index (χ2n) is 4.94. The molecule has 3 heteroatoms. The minimum Gasteiger partial charge on any atom is -0.403 e. The van der Waals surface area contributed by atoms with E-state index in [9.17, 15) is 0 Å². The molecule has 0 fully saturated rings. The van der Waals surface area contributed by atoms with Gasteiger partial charge in [-0.2, -0.15) is 0 Å². The Morgan fingerprint density at radius 2 is 1.29 bits per heavy atom. The summed E-state index contributed by atoms with van der Waals surface area (Å²) in [6, 6.07) is 2.28.